The second-order valence-electron chi connectivity index (χ2n) is 4.00. The van der Waals surface area contributed by atoms with Crippen LogP contribution in [0.3, 0.4) is 0 Å². The van der Waals surface area contributed by atoms with E-state index < -0.39 is 0 Å². The SMILES string of the molecule is CSCC(C)CNc1ccc(Br)cc1C(N)=S. The number of hydrogen-bond donors (Lipinski definition) is 2. The highest BCUT2D eigenvalue weighted by molar-refractivity contribution is 9.10. The molecule has 0 bridgehead atoms. The van der Waals surface area contributed by atoms with Crippen LogP contribution < -0.4 is 11.1 Å². The van der Waals surface area contributed by atoms with E-state index in [0.717, 1.165) is 28.0 Å². The van der Waals surface area contributed by atoms with Crippen molar-refractivity contribution in [2.24, 2.45) is 11.7 Å². The van der Waals surface area contributed by atoms with Crippen molar-refractivity contribution in [3.8, 4) is 0 Å². The number of hydrogen-bond acceptors (Lipinski definition) is 3. The fraction of sp³-hybridized carbons (Fsp3) is 0.417. The summed E-state index contributed by atoms with van der Waals surface area (Å²) in [5, 5.41) is 3.40. The lowest BCUT2D eigenvalue weighted by molar-refractivity contribution is 0.701. The minimum absolute atomic E-state index is 0.423. The molecule has 0 aliphatic carbocycles. The van der Waals surface area contributed by atoms with Crippen LogP contribution in [-0.4, -0.2) is 23.5 Å². The van der Waals surface area contributed by atoms with E-state index in [1.54, 1.807) is 0 Å². The first-order valence-corrected chi connectivity index (χ1v) is 7.96. The molecule has 0 amide bonds. The van der Waals surface area contributed by atoms with Gasteiger partial charge in [-0.15, -0.1) is 0 Å². The highest BCUT2D eigenvalue weighted by Gasteiger charge is 2.07. The Kier molecular flexibility index (Phi) is 6.30. The maximum atomic E-state index is 5.72. The molecule has 94 valence electrons. The van der Waals surface area contributed by atoms with E-state index in [-0.39, 0.29) is 0 Å². The summed E-state index contributed by atoms with van der Waals surface area (Å²) in [5.41, 5.74) is 7.62. The van der Waals surface area contributed by atoms with Crippen molar-refractivity contribution in [1.82, 2.24) is 0 Å². The van der Waals surface area contributed by atoms with Crippen LogP contribution in [0.15, 0.2) is 22.7 Å². The molecule has 2 nitrogen and oxygen atoms in total. The first kappa shape index (κ1) is 14.8. The van der Waals surface area contributed by atoms with Crippen molar-refractivity contribution in [1.29, 1.82) is 0 Å². The molecule has 1 rings (SSSR count). The molecule has 0 saturated carbocycles. The van der Waals surface area contributed by atoms with Gasteiger partial charge in [0.15, 0.2) is 0 Å². The largest absolute Gasteiger partial charge is 0.389 e. The molecule has 3 N–H and O–H groups in total. The summed E-state index contributed by atoms with van der Waals surface area (Å²) in [7, 11) is 0. The smallest absolute Gasteiger partial charge is 0.106 e. The first-order chi connectivity index (χ1) is 8.04. The van der Waals surface area contributed by atoms with E-state index in [1.807, 2.05) is 30.0 Å². The maximum absolute atomic E-state index is 5.72. The molecule has 1 aromatic rings. The standard InChI is InChI=1S/C12H17BrN2S2/c1-8(7-17-2)6-15-11-4-3-9(13)5-10(11)12(14)16/h3-5,8,15H,6-7H2,1-2H3,(H2,14,16). The van der Waals surface area contributed by atoms with Crippen molar-refractivity contribution in [3.05, 3.63) is 28.2 Å². The number of nitrogens with two attached hydrogens (primary N) is 1. The molecule has 1 unspecified atom stereocenters. The lowest BCUT2D eigenvalue weighted by Gasteiger charge is -2.15. The molecule has 0 heterocycles. The van der Waals surface area contributed by atoms with Gasteiger partial charge in [-0.2, -0.15) is 11.8 Å². The average Bonchev–Trinajstić information content (AvgIpc) is 2.27. The minimum Gasteiger partial charge on any atom is -0.389 e. The van der Waals surface area contributed by atoms with Crippen LogP contribution in [0.1, 0.15) is 12.5 Å². The van der Waals surface area contributed by atoms with Crippen LogP contribution in [-0.2, 0) is 0 Å². The molecule has 0 aliphatic heterocycles. The number of nitrogens with one attached hydrogen (secondary N) is 1. The van der Waals surface area contributed by atoms with E-state index >= 15 is 0 Å². The van der Waals surface area contributed by atoms with Crippen LogP contribution in [0.25, 0.3) is 0 Å². The summed E-state index contributed by atoms with van der Waals surface area (Å²) in [6.07, 6.45) is 2.12. The number of benzene rings is 1. The van der Waals surface area contributed by atoms with Crippen LogP contribution in [0.2, 0.25) is 0 Å². The van der Waals surface area contributed by atoms with Crippen LogP contribution in [0.5, 0.6) is 0 Å². The summed E-state index contributed by atoms with van der Waals surface area (Å²) in [6, 6.07) is 5.94. The van der Waals surface area contributed by atoms with Gasteiger partial charge in [-0.25, -0.2) is 0 Å². The average molecular weight is 333 g/mol. The van der Waals surface area contributed by atoms with Crippen LogP contribution >= 0.6 is 39.9 Å². The molecule has 0 radical (unpaired) electrons. The molecule has 0 aromatic heterocycles. The quantitative estimate of drug-likeness (QED) is 0.782. The second-order valence-corrected chi connectivity index (χ2v) is 6.26. The third-order valence-corrected chi connectivity index (χ3v) is 3.95. The molecule has 1 atom stereocenters. The Balaban J connectivity index is 2.73. The monoisotopic (exact) mass is 332 g/mol. The topological polar surface area (TPSA) is 38.0 Å². The van der Waals surface area contributed by atoms with Gasteiger partial charge < -0.3 is 11.1 Å². The molecule has 0 spiro atoms. The summed E-state index contributed by atoms with van der Waals surface area (Å²) >= 11 is 10.3. The van der Waals surface area contributed by atoms with Crippen molar-refractivity contribution < 1.29 is 0 Å². The summed E-state index contributed by atoms with van der Waals surface area (Å²) in [6.45, 7) is 3.15. The molecule has 17 heavy (non-hydrogen) atoms. The third kappa shape index (κ3) is 4.85. The van der Waals surface area contributed by atoms with E-state index in [0.29, 0.717) is 10.9 Å². The lowest BCUT2D eigenvalue weighted by Crippen LogP contribution is -2.17. The van der Waals surface area contributed by atoms with Crippen LogP contribution in [0, 0.1) is 5.92 Å². The number of rotatable bonds is 6. The van der Waals surface area contributed by atoms with E-state index in [4.69, 9.17) is 18.0 Å². The number of halogens is 1. The van der Waals surface area contributed by atoms with Gasteiger partial charge in [-0.3, -0.25) is 0 Å². The molecule has 5 heteroatoms. The van der Waals surface area contributed by atoms with Crippen molar-refractivity contribution >= 4 is 50.6 Å². The third-order valence-electron chi connectivity index (χ3n) is 2.34. The Hall–Kier alpha value is -0.260. The molecule has 1 aromatic carbocycles. The predicted octanol–water partition coefficient (Wildman–Crippen LogP) is 3.49. The molecular weight excluding hydrogens is 316 g/mol. The summed E-state index contributed by atoms with van der Waals surface area (Å²) < 4.78 is 0.989. The van der Waals surface area contributed by atoms with Gasteiger partial charge in [0.2, 0.25) is 0 Å². The predicted molar refractivity (Wildman–Crippen MR) is 86.1 cm³/mol. The number of anilines is 1. The molecule has 0 fully saturated rings. The second kappa shape index (κ2) is 7.24. The Labute approximate surface area is 121 Å². The van der Waals surface area contributed by atoms with Gasteiger partial charge in [0, 0.05) is 22.3 Å². The molecule has 0 aliphatic rings. The Morgan fingerprint density at radius 2 is 2.29 bits per heavy atom. The van der Waals surface area contributed by atoms with Gasteiger partial charge in [0.25, 0.3) is 0 Å². The zero-order chi connectivity index (χ0) is 12.8. The zero-order valence-electron chi connectivity index (χ0n) is 10.00. The van der Waals surface area contributed by atoms with E-state index in [2.05, 4.69) is 34.4 Å². The summed E-state index contributed by atoms with van der Waals surface area (Å²) in [4.78, 5) is 0.423. The molecule has 0 saturated heterocycles. The fourth-order valence-corrected chi connectivity index (χ4v) is 2.72. The summed E-state index contributed by atoms with van der Waals surface area (Å²) in [5.74, 6) is 1.76. The Morgan fingerprint density at radius 1 is 1.59 bits per heavy atom. The van der Waals surface area contributed by atoms with Gasteiger partial charge >= 0.3 is 0 Å². The number of thioether (sulfide) groups is 1. The Bertz CT molecular complexity index is 396. The maximum Gasteiger partial charge on any atom is 0.106 e. The van der Waals surface area contributed by atoms with Crippen molar-refractivity contribution in [3.63, 3.8) is 0 Å². The minimum atomic E-state index is 0.423. The number of thiocarbonyl (C=S) groups is 1. The highest BCUT2D eigenvalue weighted by Crippen LogP contribution is 2.21. The van der Waals surface area contributed by atoms with Crippen LogP contribution in [0.4, 0.5) is 5.69 Å². The lowest BCUT2D eigenvalue weighted by atomic mass is 10.1. The highest BCUT2D eigenvalue weighted by atomic mass is 79.9. The van der Waals surface area contributed by atoms with Gasteiger partial charge in [0.05, 0.1) is 0 Å². The molecular formula is C12H17BrN2S2. The normalized spacial score (nSPS) is 12.2. The Morgan fingerprint density at radius 3 is 2.88 bits per heavy atom. The van der Waals surface area contributed by atoms with Crippen molar-refractivity contribution in [2.75, 3.05) is 23.9 Å². The fourth-order valence-electron chi connectivity index (χ4n) is 1.50. The van der Waals surface area contributed by atoms with Crippen molar-refractivity contribution in [2.45, 2.75) is 6.92 Å². The zero-order valence-corrected chi connectivity index (χ0v) is 13.2. The van der Waals surface area contributed by atoms with E-state index in [1.165, 1.54) is 0 Å². The van der Waals surface area contributed by atoms with E-state index in [9.17, 15) is 0 Å². The van der Waals surface area contributed by atoms with Gasteiger partial charge in [0.1, 0.15) is 4.99 Å². The van der Waals surface area contributed by atoms with Gasteiger partial charge in [-0.1, -0.05) is 35.1 Å². The van der Waals surface area contributed by atoms with Gasteiger partial charge in [-0.05, 0) is 36.1 Å². The first-order valence-electron chi connectivity index (χ1n) is 5.36.